The average molecular weight is 326 g/mol. The van der Waals surface area contributed by atoms with Gasteiger partial charge in [-0.25, -0.2) is 13.2 Å². The zero-order valence-electron chi connectivity index (χ0n) is 12.9. The molecule has 0 saturated carbocycles. The SMILES string of the molecule is CCOC(=O)NC1CCCN(S(=O)(=O)c2cccc(C)c2)C1. The Kier molecular flexibility index (Phi) is 5.42. The van der Waals surface area contributed by atoms with E-state index in [1.165, 1.54) is 4.31 Å². The van der Waals surface area contributed by atoms with E-state index in [4.69, 9.17) is 4.74 Å². The normalized spacial score (nSPS) is 19.6. The zero-order chi connectivity index (χ0) is 16.2. The maximum Gasteiger partial charge on any atom is 0.407 e. The predicted octanol–water partition coefficient (Wildman–Crippen LogP) is 1.89. The molecule has 1 saturated heterocycles. The Morgan fingerprint density at radius 3 is 2.91 bits per heavy atom. The van der Waals surface area contributed by atoms with Crippen molar-refractivity contribution in [1.82, 2.24) is 9.62 Å². The van der Waals surface area contributed by atoms with Crippen LogP contribution in [0.1, 0.15) is 25.3 Å². The monoisotopic (exact) mass is 326 g/mol. The van der Waals surface area contributed by atoms with Crippen LogP contribution in [-0.4, -0.2) is 44.6 Å². The van der Waals surface area contributed by atoms with Gasteiger partial charge in [-0.05, 0) is 44.4 Å². The summed E-state index contributed by atoms with van der Waals surface area (Å²) in [5, 5.41) is 2.72. The van der Waals surface area contributed by atoms with Crippen LogP contribution >= 0.6 is 0 Å². The molecule has 22 heavy (non-hydrogen) atoms. The van der Waals surface area contributed by atoms with E-state index in [0.29, 0.717) is 24.5 Å². The van der Waals surface area contributed by atoms with E-state index >= 15 is 0 Å². The van der Waals surface area contributed by atoms with Crippen molar-refractivity contribution in [2.24, 2.45) is 0 Å². The smallest absolute Gasteiger partial charge is 0.407 e. The molecule has 0 radical (unpaired) electrons. The van der Waals surface area contributed by atoms with Gasteiger partial charge in [-0.15, -0.1) is 0 Å². The van der Waals surface area contributed by atoms with Crippen molar-refractivity contribution in [3.63, 3.8) is 0 Å². The summed E-state index contributed by atoms with van der Waals surface area (Å²) in [5.41, 5.74) is 0.902. The molecule has 1 N–H and O–H groups in total. The van der Waals surface area contributed by atoms with E-state index in [9.17, 15) is 13.2 Å². The van der Waals surface area contributed by atoms with Crippen LogP contribution in [0.5, 0.6) is 0 Å². The molecule has 0 aromatic heterocycles. The van der Waals surface area contributed by atoms with Crippen molar-refractivity contribution in [3.05, 3.63) is 29.8 Å². The third-order valence-electron chi connectivity index (χ3n) is 3.61. The van der Waals surface area contributed by atoms with Gasteiger partial charge in [0.25, 0.3) is 0 Å². The molecular formula is C15H22N2O4S. The number of rotatable bonds is 4. The largest absolute Gasteiger partial charge is 0.450 e. The molecular weight excluding hydrogens is 304 g/mol. The third kappa shape index (κ3) is 3.98. The van der Waals surface area contributed by atoms with E-state index in [1.54, 1.807) is 25.1 Å². The molecule has 1 unspecified atom stereocenters. The molecule has 122 valence electrons. The number of piperidine rings is 1. The highest BCUT2D eigenvalue weighted by atomic mass is 32.2. The fourth-order valence-electron chi connectivity index (χ4n) is 2.54. The molecule has 1 aliphatic heterocycles. The topological polar surface area (TPSA) is 75.7 Å². The number of nitrogens with zero attached hydrogens (tertiary/aromatic N) is 1. The first-order chi connectivity index (χ1) is 10.4. The number of hydrogen-bond acceptors (Lipinski definition) is 4. The number of sulfonamides is 1. The Morgan fingerprint density at radius 1 is 1.45 bits per heavy atom. The summed E-state index contributed by atoms with van der Waals surface area (Å²) in [6.07, 6.45) is 0.961. The summed E-state index contributed by atoms with van der Waals surface area (Å²) in [5.74, 6) is 0. The van der Waals surface area contributed by atoms with E-state index in [-0.39, 0.29) is 12.6 Å². The summed E-state index contributed by atoms with van der Waals surface area (Å²) in [7, 11) is -3.52. The summed E-state index contributed by atoms with van der Waals surface area (Å²) in [4.78, 5) is 11.8. The van der Waals surface area contributed by atoms with E-state index in [2.05, 4.69) is 5.32 Å². The second-order valence-corrected chi connectivity index (χ2v) is 7.32. The Morgan fingerprint density at radius 2 is 2.23 bits per heavy atom. The minimum Gasteiger partial charge on any atom is -0.450 e. The first kappa shape index (κ1) is 16.8. The highest BCUT2D eigenvalue weighted by Gasteiger charge is 2.31. The maximum absolute atomic E-state index is 12.7. The Bertz CT molecular complexity index is 630. The van der Waals surface area contributed by atoms with Crippen LogP contribution in [0.15, 0.2) is 29.2 Å². The zero-order valence-corrected chi connectivity index (χ0v) is 13.7. The molecule has 1 aromatic rings. The Hall–Kier alpha value is -1.60. The molecule has 6 nitrogen and oxygen atoms in total. The minimum absolute atomic E-state index is 0.215. The van der Waals surface area contributed by atoms with Crippen molar-refractivity contribution in [1.29, 1.82) is 0 Å². The molecule has 1 aromatic carbocycles. The third-order valence-corrected chi connectivity index (χ3v) is 5.47. The number of alkyl carbamates (subject to hydrolysis) is 1. The number of hydrogen-bond donors (Lipinski definition) is 1. The van der Waals surface area contributed by atoms with Gasteiger partial charge in [0.2, 0.25) is 10.0 Å². The number of aryl methyl sites for hydroxylation is 1. The molecule has 0 bridgehead atoms. The molecule has 1 fully saturated rings. The molecule has 2 rings (SSSR count). The molecule has 0 aliphatic carbocycles. The highest BCUT2D eigenvalue weighted by Crippen LogP contribution is 2.21. The van der Waals surface area contributed by atoms with Gasteiger partial charge in [-0.2, -0.15) is 4.31 Å². The summed E-state index contributed by atoms with van der Waals surface area (Å²) in [6, 6.07) is 6.65. The van der Waals surface area contributed by atoms with Gasteiger partial charge in [-0.3, -0.25) is 0 Å². The highest BCUT2D eigenvalue weighted by molar-refractivity contribution is 7.89. The summed E-state index contributed by atoms with van der Waals surface area (Å²) < 4.78 is 31.6. The second kappa shape index (κ2) is 7.11. The lowest BCUT2D eigenvalue weighted by atomic mass is 10.1. The lowest BCUT2D eigenvalue weighted by Gasteiger charge is -2.32. The van der Waals surface area contributed by atoms with Crippen LogP contribution in [0.25, 0.3) is 0 Å². The van der Waals surface area contributed by atoms with Gasteiger partial charge in [0.15, 0.2) is 0 Å². The second-order valence-electron chi connectivity index (χ2n) is 5.38. The first-order valence-corrected chi connectivity index (χ1v) is 8.87. The molecule has 1 aliphatic rings. The van der Waals surface area contributed by atoms with Crippen LogP contribution in [0.3, 0.4) is 0 Å². The molecule has 1 atom stereocenters. The minimum atomic E-state index is -3.52. The van der Waals surface area contributed by atoms with Crippen molar-refractivity contribution < 1.29 is 17.9 Å². The van der Waals surface area contributed by atoms with Gasteiger partial charge in [-0.1, -0.05) is 12.1 Å². The Labute approximate surface area is 131 Å². The van der Waals surface area contributed by atoms with Gasteiger partial charge >= 0.3 is 6.09 Å². The van der Waals surface area contributed by atoms with Gasteiger partial charge in [0.05, 0.1) is 11.5 Å². The number of nitrogens with one attached hydrogen (secondary N) is 1. The number of benzene rings is 1. The molecule has 1 amide bonds. The van der Waals surface area contributed by atoms with Crippen LogP contribution in [-0.2, 0) is 14.8 Å². The number of carbonyl (C=O) groups excluding carboxylic acids is 1. The van der Waals surface area contributed by atoms with Crippen molar-refractivity contribution in [3.8, 4) is 0 Å². The predicted molar refractivity (Wildman–Crippen MR) is 83.1 cm³/mol. The van der Waals surface area contributed by atoms with Gasteiger partial charge < -0.3 is 10.1 Å². The van der Waals surface area contributed by atoms with Crippen molar-refractivity contribution in [2.75, 3.05) is 19.7 Å². The van der Waals surface area contributed by atoms with E-state index < -0.39 is 16.1 Å². The van der Waals surface area contributed by atoms with Crippen LogP contribution in [0.2, 0.25) is 0 Å². The first-order valence-electron chi connectivity index (χ1n) is 7.43. The van der Waals surface area contributed by atoms with Crippen molar-refractivity contribution >= 4 is 16.1 Å². The molecule has 1 heterocycles. The average Bonchev–Trinajstić information content (AvgIpc) is 2.47. The Balaban J connectivity index is 2.09. The number of amides is 1. The van der Waals surface area contributed by atoms with Crippen molar-refractivity contribution in [2.45, 2.75) is 37.6 Å². The fourth-order valence-corrected chi connectivity index (χ4v) is 4.17. The molecule has 0 spiro atoms. The molecule has 7 heteroatoms. The lowest BCUT2D eigenvalue weighted by molar-refractivity contribution is 0.142. The maximum atomic E-state index is 12.7. The number of carbonyl (C=O) groups is 1. The van der Waals surface area contributed by atoms with Gasteiger partial charge in [0.1, 0.15) is 0 Å². The van der Waals surface area contributed by atoms with E-state index in [1.807, 2.05) is 13.0 Å². The van der Waals surface area contributed by atoms with Crippen LogP contribution < -0.4 is 5.32 Å². The fraction of sp³-hybridized carbons (Fsp3) is 0.533. The quantitative estimate of drug-likeness (QED) is 0.917. The number of ether oxygens (including phenoxy) is 1. The van der Waals surface area contributed by atoms with Crippen LogP contribution in [0.4, 0.5) is 4.79 Å². The van der Waals surface area contributed by atoms with Crippen LogP contribution in [0, 0.1) is 6.92 Å². The van der Waals surface area contributed by atoms with Gasteiger partial charge in [0, 0.05) is 19.1 Å². The summed E-state index contributed by atoms with van der Waals surface area (Å²) >= 11 is 0. The standard InChI is InChI=1S/C15H22N2O4S/c1-3-21-15(18)16-13-7-5-9-17(11-13)22(19,20)14-8-4-6-12(2)10-14/h4,6,8,10,13H,3,5,7,9,11H2,1-2H3,(H,16,18). The lowest BCUT2D eigenvalue weighted by Crippen LogP contribution is -2.49. The summed E-state index contributed by atoms with van der Waals surface area (Å²) in [6.45, 7) is 4.63. The van der Waals surface area contributed by atoms with E-state index in [0.717, 1.165) is 12.0 Å².